The van der Waals surface area contributed by atoms with E-state index in [4.69, 9.17) is 4.42 Å². The predicted molar refractivity (Wildman–Crippen MR) is 89.8 cm³/mol. The van der Waals surface area contributed by atoms with Crippen molar-refractivity contribution in [3.8, 4) is 11.1 Å². The Bertz CT molecular complexity index is 947. The monoisotopic (exact) mass is 285 g/mol. The molecule has 0 spiro atoms. The first-order valence-electron chi connectivity index (χ1n) is 7.55. The largest absolute Gasteiger partial charge is 0.465 e. The molecule has 1 unspecified atom stereocenters. The van der Waals surface area contributed by atoms with Gasteiger partial charge in [-0.05, 0) is 53.6 Å². The summed E-state index contributed by atoms with van der Waals surface area (Å²) >= 11 is 0. The molecule has 3 aromatic rings. The second-order valence-corrected chi connectivity index (χ2v) is 6.01. The zero-order valence-electron chi connectivity index (χ0n) is 12.8. The number of fused-ring (bicyclic) bond motifs is 1. The first-order chi connectivity index (χ1) is 10.7. The van der Waals surface area contributed by atoms with Gasteiger partial charge in [-0.3, -0.25) is 0 Å². The van der Waals surface area contributed by atoms with Crippen LogP contribution in [0.15, 0.2) is 65.1 Å². The quantitative estimate of drug-likeness (QED) is 0.700. The molecule has 1 nitrogen and oxygen atoms in total. The van der Waals surface area contributed by atoms with Gasteiger partial charge in [0.25, 0.3) is 0 Å². The van der Waals surface area contributed by atoms with Crippen molar-refractivity contribution >= 4 is 12.2 Å². The van der Waals surface area contributed by atoms with E-state index in [0.29, 0.717) is 0 Å². The van der Waals surface area contributed by atoms with Gasteiger partial charge in [0.2, 0.25) is 0 Å². The van der Waals surface area contributed by atoms with E-state index in [2.05, 4.69) is 61.5 Å². The smallest absolute Gasteiger partial charge is 0.118 e. The Labute approximate surface area is 130 Å². The summed E-state index contributed by atoms with van der Waals surface area (Å²) < 4.78 is 5.85. The number of hydrogen-bond acceptors (Lipinski definition) is 1. The molecule has 4 rings (SSSR count). The molecule has 0 fully saturated rings. The van der Waals surface area contributed by atoms with E-state index in [1.807, 2.05) is 25.1 Å². The maximum Gasteiger partial charge on any atom is 0.118 e. The Morgan fingerprint density at radius 1 is 0.909 bits per heavy atom. The van der Waals surface area contributed by atoms with Crippen molar-refractivity contribution in [1.82, 2.24) is 0 Å². The van der Waals surface area contributed by atoms with Crippen LogP contribution in [0.25, 0.3) is 23.3 Å². The summed E-state index contributed by atoms with van der Waals surface area (Å²) in [7, 11) is 0. The third kappa shape index (κ3) is 2.01. The van der Waals surface area contributed by atoms with E-state index in [1.165, 1.54) is 16.3 Å². The van der Waals surface area contributed by atoms with Crippen LogP contribution in [-0.4, -0.2) is 0 Å². The molecular weight excluding hydrogens is 268 g/mol. The molecule has 0 saturated carbocycles. The Kier molecular flexibility index (Phi) is 2.83. The minimum atomic E-state index is -0.304. The first kappa shape index (κ1) is 13.1. The Balaban J connectivity index is 1.94. The molecule has 107 valence electrons. The van der Waals surface area contributed by atoms with Gasteiger partial charge in [0.15, 0.2) is 0 Å². The molecule has 0 bridgehead atoms. The molecule has 1 atom stereocenters. The number of hydrogen-bond donors (Lipinski definition) is 0. The van der Waals surface area contributed by atoms with E-state index in [-0.39, 0.29) is 5.41 Å². The lowest BCUT2D eigenvalue weighted by Gasteiger charge is -2.15. The molecule has 1 aromatic heterocycles. The molecular formula is C21H17O. The van der Waals surface area contributed by atoms with E-state index < -0.39 is 0 Å². The molecule has 22 heavy (non-hydrogen) atoms. The van der Waals surface area contributed by atoms with Gasteiger partial charge in [-0.2, -0.15) is 0 Å². The van der Waals surface area contributed by atoms with Crippen LogP contribution in [0.5, 0.6) is 0 Å². The normalized spacial score (nSPS) is 19.4. The standard InChI is InChI=1S/C21H17O/c1-15-11-12-20(22-15)21(2)13-17-9-6-10-18(19(17)14-21)16-7-4-3-5-8-16/h3-12,14H,1-2H3. The van der Waals surface area contributed by atoms with E-state index >= 15 is 0 Å². The Morgan fingerprint density at radius 2 is 1.73 bits per heavy atom. The van der Waals surface area contributed by atoms with Crippen LogP contribution >= 0.6 is 0 Å². The maximum absolute atomic E-state index is 5.85. The molecule has 1 heteroatoms. The van der Waals surface area contributed by atoms with Crippen molar-refractivity contribution in [2.45, 2.75) is 19.3 Å². The average Bonchev–Trinajstić information content (AvgIpc) is 3.11. The minimum absolute atomic E-state index is 0.304. The zero-order valence-corrected chi connectivity index (χ0v) is 12.8. The van der Waals surface area contributed by atoms with Gasteiger partial charge in [0.1, 0.15) is 11.5 Å². The average molecular weight is 285 g/mol. The highest BCUT2D eigenvalue weighted by Crippen LogP contribution is 2.31. The van der Waals surface area contributed by atoms with E-state index in [9.17, 15) is 0 Å². The SMILES string of the molecule is Cc1ccc(C2(C)[C]=c3cccc(-c4ccccc4)c3=C2)o1. The van der Waals surface area contributed by atoms with Crippen LogP contribution in [-0.2, 0) is 5.41 Å². The maximum atomic E-state index is 5.85. The fraction of sp³-hybridized carbons (Fsp3) is 0.143. The third-order valence-corrected chi connectivity index (χ3v) is 4.27. The molecule has 1 aliphatic carbocycles. The summed E-state index contributed by atoms with van der Waals surface area (Å²) in [5.41, 5.74) is 2.18. The summed E-state index contributed by atoms with van der Waals surface area (Å²) in [6.07, 6.45) is 5.87. The number of benzene rings is 2. The number of rotatable bonds is 2. The molecule has 1 heterocycles. The lowest BCUT2D eigenvalue weighted by molar-refractivity contribution is 0.458. The van der Waals surface area contributed by atoms with Gasteiger partial charge < -0.3 is 4.42 Å². The molecule has 0 saturated heterocycles. The van der Waals surface area contributed by atoms with Crippen LogP contribution in [0, 0.1) is 6.92 Å². The summed E-state index contributed by atoms with van der Waals surface area (Å²) in [4.78, 5) is 0. The summed E-state index contributed by atoms with van der Waals surface area (Å²) in [6.45, 7) is 4.13. The predicted octanol–water partition coefficient (Wildman–Crippen LogP) is 3.66. The van der Waals surface area contributed by atoms with Crippen molar-refractivity contribution in [2.24, 2.45) is 0 Å². The highest BCUT2D eigenvalue weighted by Gasteiger charge is 2.29. The van der Waals surface area contributed by atoms with Gasteiger partial charge >= 0.3 is 0 Å². The second kappa shape index (κ2) is 4.74. The lowest BCUT2D eigenvalue weighted by Crippen LogP contribution is -2.22. The number of aryl methyl sites for hydroxylation is 1. The van der Waals surface area contributed by atoms with E-state index in [1.54, 1.807) is 0 Å². The third-order valence-electron chi connectivity index (χ3n) is 4.27. The van der Waals surface area contributed by atoms with Gasteiger partial charge in [-0.1, -0.05) is 54.6 Å². The lowest BCUT2D eigenvalue weighted by atomic mass is 9.89. The van der Waals surface area contributed by atoms with Crippen LogP contribution < -0.4 is 10.4 Å². The van der Waals surface area contributed by atoms with Gasteiger partial charge in [0, 0.05) is 0 Å². The molecule has 0 aliphatic heterocycles. The second-order valence-electron chi connectivity index (χ2n) is 6.01. The van der Waals surface area contributed by atoms with Crippen LogP contribution in [0.2, 0.25) is 0 Å². The van der Waals surface area contributed by atoms with Crippen molar-refractivity contribution in [1.29, 1.82) is 0 Å². The molecule has 0 N–H and O–H groups in total. The van der Waals surface area contributed by atoms with E-state index in [0.717, 1.165) is 16.7 Å². The van der Waals surface area contributed by atoms with Gasteiger partial charge in [0.05, 0.1) is 5.41 Å². The highest BCUT2D eigenvalue weighted by molar-refractivity contribution is 5.73. The molecule has 1 aliphatic rings. The van der Waals surface area contributed by atoms with Crippen LogP contribution in [0.4, 0.5) is 0 Å². The fourth-order valence-electron chi connectivity index (χ4n) is 3.15. The summed E-state index contributed by atoms with van der Waals surface area (Å²) in [5.74, 6) is 1.88. The zero-order chi connectivity index (χ0) is 15.2. The molecule has 2 aromatic carbocycles. The summed E-state index contributed by atoms with van der Waals surface area (Å²) in [6, 6.07) is 20.9. The first-order valence-corrected chi connectivity index (χ1v) is 7.55. The van der Waals surface area contributed by atoms with Gasteiger partial charge in [-0.15, -0.1) is 0 Å². The highest BCUT2D eigenvalue weighted by atomic mass is 16.3. The molecule has 1 radical (unpaired) electrons. The fourth-order valence-corrected chi connectivity index (χ4v) is 3.15. The Hall–Kier alpha value is -2.54. The number of furan rings is 1. The van der Waals surface area contributed by atoms with Crippen molar-refractivity contribution in [2.75, 3.05) is 0 Å². The summed E-state index contributed by atoms with van der Waals surface area (Å²) in [5, 5.41) is 2.39. The van der Waals surface area contributed by atoms with Crippen LogP contribution in [0.1, 0.15) is 18.4 Å². The van der Waals surface area contributed by atoms with Crippen molar-refractivity contribution in [3.05, 3.63) is 82.6 Å². The Morgan fingerprint density at radius 3 is 2.45 bits per heavy atom. The van der Waals surface area contributed by atoms with Crippen molar-refractivity contribution < 1.29 is 4.42 Å². The molecule has 0 amide bonds. The van der Waals surface area contributed by atoms with Crippen LogP contribution in [0.3, 0.4) is 0 Å². The van der Waals surface area contributed by atoms with Gasteiger partial charge in [-0.25, -0.2) is 0 Å². The topological polar surface area (TPSA) is 13.1 Å². The minimum Gasteiger partial charge on any atom is -0.465 e. The van der Waals surface area contributed by atoms with Crippen molar-refractivity contribution in [3.63, 3.8) is 0 Å².